The molecule has 0 aliphatic heterocycles. The molecule has 80 valence electrons. The zero-order valence-corrected chi connectivity index (χ0v) is 8.69. The van der Waals surface area contributed by atoms with E-state index >= 15 is 0 Å². The van der Waals surface area contributed by atoms with Crippen molar-refractivity contribution < 1.29 is 15.0 Å². The predicted octanol–water partition coefficient (Wildman–Crippen LogP) is 1.59. The van der Waals surface area contributed by atoms with E-state index in [4.69, 9.17) is 5.11 Å². The zero-order valence-electron chi connectivity index (χ0n) is 8.69. The molecular weight excluding hydrogens is 194 g/mol. The molecule has 1 aromatic rings. The van der Waals surface area contributed by atoms with Crippen LogP contribution >= 0.6 is 0 Å². The smallest absolute Gasteiger partial charge is 0.325 e. The first-order chi connectivity index (χ1) is 7.00. The molecule has 0 aliphatic rings. The molecule has 4 heteroatoms. The van der Waals surface area contributed by atoms with Gasteiger partial charge in [-0.25, -0.2) is 0 Å². The number of carboxylic acids is 1. The summed E-state index contributed by atoms with van der Waals surface area (Å²) < 4.78 is 0. The molecule has 0 spiro atoms. The Bertz CT molecular complexity index is 410. The van der Waals surface area contributed by atoms with E-state index in [1.54, 1.807) is 25.1 Å². The number of aliphatic carboxylic acids is 1. The molecule has 1 aromatic carbocycles. The lowest BCUT2D eigenvalue weighted by atomic mass is 10.1. The van der Waals surface area contributed by atoms with Gasteiger partial charge in [-0.2, -0.15) is 0 Å². The zero-order chi connectivity index (χ0) is 11.4. The molecule has 0 aliphatic carbocycles. The van der Waals surface area contributed by atoms with E-state index in [1.165, 1.54) is 0 Å². The van der Waals surface area contributed by atoms with E-state index in [2.05, 4.69) is 4.99 Å². The minimum atomic E-state index is -0.985. The van der Waals surface area contributed by atoms with Gasteiger partial charge in [0.2, 0.25) is 0 Å². The molecule has 2 N–H and O–H groups in total. The largest absolute Gasteiger partial charge is 0.507 e. The van der Waals surface area contributed by atoms with Crippen molar-refractivity contribution in [1.29, 1.82) is 0 Å². The van der Waals surface area contributed by atoms with E-state index in [0.717, 1.165) is 5.56 Å². The highest BCUT2D eigenvalue weighted by molar-refractivity contribution is 6.01. The Morgan fingerprint density at radius 2 is 2.13 bits per heavy atom. The molecule has 0 aromatic heterocycles. The van der Waals surface area contributed by atoms with Crippen molar-refractivity contribution in [2.75, 3.05) is 6.54 Å². The van der Waals surface area contributed by atoms with E-state index in [9.17, 15) is 9.90 Å². The SMILES string of the molecule is CC(=NCC(=O)O)c1cc(C)ccc1O. The summed E-state index contributed by atoms with van der Waals surface area (Å²) in [5, 5.41) is 18.0. The third-order valence-electron chi connectivity index (χ3n) is 1.99. The van der Waals surface area contributed by atoms with Crippen LogP contribution in [0.1, 0.15) is 18.1 Å². The van der Waals surface area contributed by atoms with Crippen LogP contribution in [-0.2, 0) is 4.79 Å². The Balaban J connectivity index is 2.99. The number of hydrogen-bond acceptors (Lipinski definition) is 3. The fourth-order valence-corrected chi connectivity index (χ4v) is 1.21. The standard InChI is InChI=1S/C11H13NO3/c1-7-3-4-10(13)9(5-7)8(2)12-6-11(14)15/h3-5,13H,6H2,1-2H3,(H,14,15). The van der Waals surface area contributed by atoms with E-state index < -0.39 is 5.97 Å². The summed E-state index contributed by atoms with van der Waals surface area (Å²) in [7, 11) is 0. The van der Waals surface area contributed by atoms with Gasteiger partial charge in [-0.3, -0.25) is 9.79 Å². The average Bonchev–Trinajstić information content (AvgIpc) is 2.18. The quantitative estimate of drug-likeness (QED) is 0.739. The van der Waals surface area contributed by atoms with Crippen molar-refractivity contribution in [2.45, 2.75) is 13.8 Å². The predicted molar refractivity (Wildman–Crippen MR) is 57.6 cm³/mol. The van der Waals surface area contributed by atoms with Crippen LogP contribution < -0.4 is 0 Å². The molecule has 0 saturated carbocycles. The normalized spacial score (nSPS) is 11.5. The maximum atomic E-state index is 10.3. The van der Waals surface area contributed by atoms with Gasteiger partial charge < -0.3 is 10.2 Å². The van der Waals surface area contributed by atoms with Crippen molar-refractivity contribution in [3.8, 4) is 5.75 Å². The maximum Gasteiger partial charge on any atom is 0.325 e. The molecule has 0 fully saturated rings. The fourth-order valence-electron chi connectivity index (χ4n) is 1.21. The third kappa shape index (κ3) is 3.09. The van der Waals surface area contributed by atoms with E-state index in [0.29, 0.717) is 11.3 Å². The maximum absolute atomic E-state index is 10.3. The topological polar surface area (TPSA) is 69.9 Å². The van der Waals surface area contributed by atoms with Gasteiger partial charge in [0.25, 0.3) is 0 Å². The first-order valence-electron chi connectivity index (χ1n) is 4.53. The van der Waals surface area contributed by atoms with Crippen molar-refractivity contribution >= 4 is 11.7 Å². The summed E-state index contributed by atoms with van der Waals surface area (Å²) in [6.07, 6.45) is 0. The number of carboxylic acid groups (broad SMARTS) is 1. The average molecular weight is 207 g/mol. The van der Waals surface area contributed by atoms with Gasteiger partial charge >= 0.3 is 5.97 Å². The summed E-state index contributed by atoms with van der Waals surface area (Å²) in [4.78, 5) is 14.2. The molecule has 1 rings (SSSR count). The molecule has 0 bridgehead atoms. The summed E-state index contributed by atoms with van der Waals surface area (Å²) in [6.45, 7) is 3.30. The Kier molecular flexibility index (Phi) is 3.44. The van der Waals surface area contributed by atoms with E-state index in [1.807, 2.05) is 6.92 Å². The summed E-state index contributed by atoms with van der Waals surface area (Å²) in [5.74, 6) is -0.867. The number of phenolic OH excluding ortho intramolecular Hbond substituents is 1. The highest BCUT2D eigenvalue weighted by Crippen LogP contribution is 2.18. The first-order valence-corrected chi connectivity index (χ1v) is 4.53. The van der Waals surface area contributed by atoms with Crippen molar-refractivity contribution in [1.82, 2.24) is 0 Å². The van der Waals surface area contributed by atoms with Gasteiger partial charge in [0.05, 0.1) is 0 Å². The number of carbonyl (C=O) groups is 1. The minimum absolute atomic E-state index is 0.118. The molecule has 0 atom stereocenters. The van der Waals surface area contributed by atoms with E-state index in [-0.39, 0.29) is 12.3 Å². The number of aliphatic imine (C=N–C) groups is 1. The summed E-state index contributed by atoms with van der Waals surface area (Å²) >= 11 is 0. The number of nitrogens with zero attached hydrogens (tertiary/aromatic N) is 1. The van der Waals surface area contributed by atoms with Gasteiger partial charge in [0.1, 0.15) is 12.3 Å². The number of rotatable bonds is 3. The summed E-state index contributed by atoms with van der Waals surface area (Å²) in [6, 6.07) is 5.13. The number of phenols is 1. The molecular formula is C11H13NO3. The van der Waals surface area contributed by atoms with Crippen LogP contribution in [-0.4, -0.2) is 28.4 Å². The van der Waals surface area contributed by atoms with Gasteiger partial charge in [-0.1, -0.05) is 11.6 Å². The van der Waals surface area contributed by atoms with Gasteiger partial charge in [-0.15, -0.1) is 0 Å². The van der Waals surface area contributed by atoms with Crippen LogP contribution in [0.2, 0.25) is 0 Å². The Morgan fingerprint density at radius 3 is 2.73 bits per heavy atom. The van der Waals surface area contributed by atoms with Crippen LogP contribution in [0.25, 0.3) is 0 Å². The number of aryl methyl sites for hydroxylation is 1. The lowest BCUT2D eigenvalue weighted by molar-refractivity contribution is -0.135. The molecule has 0 unspecified atom stereocenters. The first kappa shape index (κ1) is 11.2. The summed E-state index contributed by atoms with van der Waals surface area (Å²) in [5.41, 5.74) is 2.10. The molecule has 4 nitrogen and oxygen atoms in total. The van der Waals surface area contributed by atoms with Crippen LogP contribution in [0.4, 0.5) is 0 Å². The monoisotopic (exact) mass is 207 g/mol. The van der Waals surface area contributed by atoms with Gasteiger partial charge in [0.15, 0.2) is 0 Å². The lowest BCUT2D eigenvalue weighted by Crippen LogP contribution is -2.04. The van der Waals surface area contributed by atoms with Crippen LogP contribution in [0.15, 0.2) is 23.2 Å². The number of hydrogen-bond donors (Lipinski definition) is 2. The van der Waals surface area contributed by atoms with Crippen molar-refractivity contribution in [3.63, 3.8) is 0 Å². The van der Waals surface area contributed by atoms with Crippen LogP contribution in [0, 0.1) is 6.92 Å². The molecule has 0 heterocycles. The second-order valence-electron chi connectivity index (χ2n) is 3.32. The van der Waals surface area contributed by atoms with Crippen LogP contribution in [0.3, 0.4) is 0 Å². The van der Waals surface area contributed by atoms with Crippen molar-refractivity contribution in [2.24, 2.45) is 4.99 Å². The molecule has 0 amide bonds. The highest BCUT2D eigenvalue weighted by atomic mass is 16.4. The fraction of sp³-hybridized carbons (Fsp3) is 0.273. The number of benzene rings is 1. The lowest BCUT2D eigenvalue weighted by Gasteiger charge is -2.04. The third-order valence-corrected chi connectivity index (χ3v) is 1.99. The Labute approximate surface area is 87.9 Å². The van der Waals surface area contributed by atoms with Gasteiger partial charge in [0, 0.05) is 11.3 Å². The number of aromatic hydroxyl groups is 1. The molecule has 0 saturated heterocycles. The van der Waals surface area contributed by atoms with Crippen molar-refractivity contribution in [3.05, 3.63) is 29.3 Å². The second kappa shape index (κ2) is 4.59. The van der Waals surface area contributed by atoms with Crippen LogP contribution in [0.5, 0.6) is 5.75 Å². The Morgan fingerprint density at radius 1 is 1.47 bits per heavy atom. The Hall–Kier alpha value is -1.84. The molecule has 0 radical (unpaired) electrons. The second-order valence-corrected chi connectivity index (χ2v) is 3.32. The molecule has 15 heavy (non-hydrogen) atoms. The highest BCUT2D eigenvalue weighted by Gasteiger charge is 2.05. The van der Waals surface area contributed by atoms with Gasteiger partial charge in [-0.05, 0) is 26.0 Å². The minimum Gasteiger partial charge on any atom is -0.507 e.